The highest BCUT2D eigenvalue weighted by atomic mass is 32.1. The Bertz CT molecular complexity index is 732. The molecule has 2 aromatic rings. The van der Waals surface area contributed by atoms with Gasteiger partial charge >= 0.3 is 0 Å². The van der Waals surface area contributed by atoms with Gasteiger partial charge in [-0.15, -0.1) is 0 Å². The molecule has 2 fully saturated rings. The number of nitrogens with zero attached hydrogens (tertiary/aromatic N) is 3. The third-order valence-corrected chi connectivity index (χ3v) is 5.46. The second-order valence-corrected chi connectivity index (χ2v) is 7.14. The molecule has 0 N–H and O–H groups in total. The quantitative estimate of drug-likeness (QED) is 0.851. The Morgan fingerprint density at radius 1 is 1.30 bits per heavy atom. The summed E-state index contributed by atoms with van der Waals surface area (Å²) in [7, 11) is 0. The molecule has 0 saturated carbocycles. The number of aromatic nitrogens is 1. The zero-order chi connectivity index (χ0) is 15.9. The number of rotatable bonds is 2. The van der Waals surface area contributed by atoms with Crippen molar-refractivity contribution >= 4 is 28.8 Å². The van der Waals surface area contributed by atoms with Crippen LogP contribution in [0.3, 0.4) is 0 Å². The second kappa shape index (κ2) is 5.45. The maximum Gasteiger partial charge on any atom is 0.254 e. The van der Waals surface area contributed by atoms with Gasteiger partial charge in [-0.3, -0.25) is 14.6 Å². The van der Waals surface area contributed by atoms with Gasteiger partial charge in [0.15, 0.2) is 0 Å². The highest BCUT2D eigenvalue weighted by Crippen LogP contribution is 2.42. The normalized spacial score (nSPS) is 23.9. The van der Waals surface area contributed by atoms with Crippen LogP contribution in [0.1, 0.15) is 23.2 Å². The summed E-state index contributed by atoms with van der Waals surface area (Å²) in [5.41, 5.74) is 1.48. The van der Waals surface area contributed by atoms with Crippen LogP contribution >= 0.6 is 11.3 Å². The minimum Gasteiger partial charge on any atom is -0.338 e. The molecule has 23 heavy (non-hydrogen) atoms. The summed E-state index contributed by atoms with van der Waals surface area (Å²) >= 11 is 1.53. The maximum atomic E-state index is 12.5. The summed E-state index contributed by atoms with van der Waals surface area (Å²) in [5, 5.41) is 3.80. The third-order valence-electron chi connectivity index (χ3n) is 4.77. The van der Waals surface area contributed by atoms with E-state index in [1.54, 1.807) is 12.4 Å². The number of hydrogen-bond acceptors (Lipinski definition) is 4. The van der Waals surface area contributed by atoms with Crippen molar-refractivity contribution in [2.75, 3.05) is 24.5 Å². The molecule has 1 spiro atoms. The molecule has 118 valence electrons. The first kappa shape index (κ1) is 14.4. The number of anilines is 1. The van der Waals surface area contributed by atoms with Crippen molar-refractivity contribution in [1.29, 1.82) is 0 Å². The maximum absolute atomic E-state index is 12.5. The molecule has 0 bridgehead atoms. The summed E-state index contributed by atoms with van der Waals surface area (Å²) in [6.07, 6.45) is 4.82. The molecule has 2 aliphatic heterocycles. The number of hydrogen-bond donors (Lipinski definition) is 0. The number of thiophene rings is 1. The van der Waals surface area contributed by atoms with E-state index in [2.05, 4.69) is 4.98 Å². The molecule has 4 rings (SSSR count). The van der Waals surface area contributed by atoms with E-state index in [0.29, 0.717) is 19.5 Å². The predicted molar refractivity (Wildman–Crippen MR) is 88.5 cm³/mol. The van der Waals surface area contributed by atoms with Crippen molar-refractivity contribution in [2.24, 2.45) is 5.41 Å². The van der Waals surface area contributed by atoms with E-state index >= 15 is 0 Å². The monoisotopic (exact) mass is 327 g/mol. The van der Waals surface area contributed by atoms with Gasteiger partial charge in [0.2, 0.25) is 5.91 Å². The Labute approximate surface area is 138 Å². The predicted octanol–water partition coefficient (Wildman–Crippen LogP) is 2.41. The largest absolute Gasteiger partial charge is 0.338 e. The van der Waals surface area contributed by atoms with Crippen LogP contribution < -0.4 is 4.90 Å². The number of amides is 2. The van der Waals surface area contributed by atoms with E-state index in [1.807, 2.05) is 38.8 Å². The first-order valence-electron chi connectivity index (χ1n) is 7.69. The summed E-state index contributed by atoms with van der Waals surface area (Å²) in [4.78, 5) is 32.7. The van der Waals surface area contributed by atoms with Crippen molar-refractivity contribution in [3.05, 3.63) is 46.9 Å². The van der Waals surface area contributed by atoms with E-state index < -0.39 is 0 Å². The fraction of sp³-hybridized carbons (Fsp3) is 0.353. The van der Waals surface area contributed by atoms with Crippen LogP contribution in [0.5, 0.6) is 0 Å². The van der Waals surface area contributed by atoms with Gasteiger partial charge in [0.25, 0.3) is 5.91 Å². The lowest BCUT2D eigenvalue weighted by Gasteiger charge is -2.24. The van der Waals surface area contributed by atoms with Gasteiger partial charge in [0.1, 0.15) is 0 Å². The highest BCUT2D eigenvalue weighted by molar-refractivity contribution is 7.08. The van der Waals surface area contributed by atoms with E-state index in [0.717, 1.165) is 24.2 Å². The minimum absolute atomic E-state index is 0.0791. The van der Waals surface area contributed by atoms with E-state index in [1.165, 1.54) is 11.3 Å². The van der Waals surface area contributed by atoms with Crippen LogP contribution in [0.15, 0.2) is 41.4 Å². The topological polar surface area (TPSA) is 53.5 Å². The first-order valence-corrected chi connectivity index (χ1v) is 8.63. The average Bonchev–Trinajstić information content (AvgIpc) is 3.29. The van der Waals surface area contributed by atoms with Gasteiger partial charge in [-0.05, 0) is 30.0 Å². The molecule has 4 heterocycles. The standard InChI is InChI=1S/C17H17N3O2S/c21-15-8-17(12-20(15)14-2-1-5-18-9-14)4-6-19(11-17)16(22)13-3-7-23-10-13/h1-3,5,7,9-10H,4,6,8,11-12H2/t17-/m0/s1. The Morgan fingerprint density at radius 3 is 2.96 bits per heavy atom. The molecule has 2 saturated heterocycles. The van der Waals surface area contributed by atoms with Crippen LogP contribution in [-0.2, 0) is 4.79 Å². The van der Waals surface area contributed by atoms with Crippen molar-refractivity contribution in [2.45, 2.75) is 12.8 Å². The molecule has 0 unspecified atom stereocenters. The van der Waals surface area contributed by atoms with Gasteiger partial charge in [-0.25, -0.2) is 0 Å². The van der Waals surface area contributed by atoms with Gasteiger partial charge in [0.05, 0.1) is 17.4 Å². The molecule has 0 radical (unpaired) electrons. The highest BCUT2D eigenvalue weighted by Gasteiger charge is 2.48. The average molecular weight is 327 g/mol. The van der Waals surface area contributed by atoms with Crippen LogP contribution in [0.4, 0.5) is 5.69 Å². The van der Waals surface area contributed by atoms with E-state index in [9.17, 15) is 9.59 Å². The van der Waals surface area contributed by atoms with Crippen molar-refractivity contribution in [3.8, 4) is 0 Å². The Balaban J connectivity index is 1.51. The summed E-state index contributed by atoms with van der Waals surface area (Å²) in [6, 6.07) is 5.61. The van der Waals surface area contributed by atoms with Crippen molar-refractivity contribution in [3.63, 3.8) is 0 Å². The third kappa shape index (κ3) is 2.53. The van der Waals surface area contributed by atoms with Gasteiger partial charge in [0, 0.05) is 43.0 Å². The zero-order valence-corrected chi connectivity index (χ0v) is 13.5. The second-order valence-electron chi connectivity index (χ2n) is 6.36. The van der Waals surface area contributed by atoms with Crippen LogP contribution in [0.2, 0.25) is 0 Å². The molecule has 5 nitrogen and oxygen atoms in total. The fourth-order valence-electron chi connectivity index (χ4n) is 3.59. The Hall–Kier alpha value is -2.21. The smallest absolute Gasteiger partial charge is 0.254 e. The molecule has 2 aromatic heterocycles. The minimum atomic E-state index is -0.112. The van der Waals surface area contributed by atoms with Crippen molar-refractivity contribution in [1.82, 2.24) is 9.88 Å². The Morgan fingerprint density at radius 2 is 2.22 bits per heavy atom. The van der Waals surface area contributed by atoms with Gasteiger partial charge in [-0.1, -0.05) is 0 Å². The molecule has 2 aliphatic rings. The number of carbonyl (C=O) groups excluding carboxylic acids is 2. The molecule has 2 amide bonds. The molecular formula is C17H17N3O2S. The summed E-state index contributed by atoms with van der Waals surface area (Å²) in [6.45, 7) is 2.05. The summed E-state index contributed by atoms with van der Waals surface area (Å²) < 4.78 is 0. The molecule has 1 atom stereocenters. The number of likely N-dealkylation sites (tertiary alicyclic amines) is 1. The zero-order valence-electron chi connectivity index (χ0n) is 12.6. The first-order chi connectivity index (χ1) is 11.2. The van der Waals surface area contributed by atoms with Gasteiger partial charge < -0.3 is 9.80 Å². The summed E-state index contributed by atoms with van der Waals surface area (Å²) in [5.74, 6) is 0.207. The fourth-order valence-corrected chi connectivity index (χ4v) is 4.22. The molecule has 0 aromatic carbocycles. The molecule has 6 heteroatoms. The van der Waals surface area contributed by atoms with Crippen LogP contribution in [0, 0.1) is 5.41 Å². The SMILES string of the molecule is O=C(c1ccsc1)N1CC[C@]2(CC(=O)N(c3cccnc3)C2)C1. The molecule has 0 aliphatic carbocycles. The lowest BCUT2D eigenvalue weighted by Crippen LogP contribution is -2.34. The van der Waals surface area contributed by atoms with Gasteiger partial charge in [-0.2, -0.15) is 11.3 Å². The van der Waals surface area contributed by atoms with Crippen molar-refractivity contribution < 1.29 is 9.59 Å². The lowest BCUT2D eigenvalue weighted by atomic mass is 9.86. The van der Waals surface area contributed by atoms with E-state index in [4.69, 9.17) is 0 Å². The molecular weight excluding hydrogens is 310 g/mol. The number of pyridine rings is 1. The van der Waals surface area contributed by atoms with E-state index in [-0.39, 0.29) is 17.2 Å². The lowest BCUT2D eigenvalue weighted by molar-refractivity contribution is -0.117. The van der Waals surface area contributed by atoms with Crippen LogP contribution in [0.25, 0.3) is 0 Å². The Kier molecular flexibility index (Phi) is 3.41. The van der Waals surface area contributed by atoms with Crippen LogP contribution in [-0.4, -0.2) is 41.3 Å². The number of carbonyl (C=O) groups is 2.